The molecule has 0 N–H and O–H groups in total. The Labute approximate surface area is 71.0 Å². The molecule has 0 aromatic carbocycles. The first-order valence-corrected chi connectivity index (χ1v) is 5.48. The van der Waals surface area contributed by atoms with Gasteiger partial charge in [-0.1, -0.05) is 6.58 Å². The molecule has 1 unspecified atom stereocenters. The summed E-state index contributed by atoms with van der Waals surface area (Å²) in [6.07, 6.45) is 4.08. The molecule has 0 saturated heterocycles. The maximum absolute atomic E-state index is 10.9. The van der Waals surface area contributed by atoms with Gasteiger partial charge in [-0.3, -0.25) is 0 Å². The SMILES string of the molecule is C=C(C)C(=O)OC(C)[S+](C)C. The summed E-state index contributed by atoms with van der Waals surface area (Å²) in [6, 6.07) is 0. The van der Waals surface area contributed by atoms with E-state index in [1.165, 1.54) is 0 Å². The van der Waals surface area contributed by atoms with Crippen LogP contribution in [-0.2, 0) is 20.4 Å². The molecule has 1 atom stereocenters. The molecule has 11 heavy (non-hydrogen) atoms. The Kier molecular flexibility index (Phi) is 4.26. The van der Waals surface area contributed by atoms with Crippen molar-refractivity contribution in [1.82, 2.24) is 0 Å². The van der Waals surface area contributed by atoms with E-state index in [1.807, 2.05) is 19.4 Å². The molecule has 0 saturated carbocycles. The van der Waals surface area contributed by atoms with Gasteiger partial charge in [-0.2, -0.15) is 0 Å². The quantitative estimate of drug-likeness (QED) is 0.367. The lowest BCUT2D eigenvalue weighted by atomic mass is 10.4. The molecule has 0 aliphatic carbocycles. The van der Waals surface area contributed by atoms with Crippen LogP contribution in [-0.4, -0.2) is 23.9 Å². The zero-order chi connectivity index (χ0) is 9.02. The fourth-order valence-corrected chi connectivity index (χ4v) is 0.627. The lowest BCUT2D eigenvalue weighted by Crippen LogP contribution is -2.22. The largest absolute Gasteiger partial charge is 0.413 e. The van der Waals surface area contributed by atoms with Gasteiger partial charge < -0.3 is 4.74 Å². The lowest BCUT2D eigenvalue weighted by Gasteiger charge is -2.08. The number of carbonyl (C=O) groups excluding carboxylic acids is 1. The molecule has 0 fully saturated rings. The van der Waals surface area contributed by atoms with Crippen molar-refractivity contribution >= 4 is 16.9 Å². The van der Waals surface area contributed by atoms with Crippen molar-refractivity contribution in [3.63, 3.8) is 0 Å². The fraction of sp³-hybridized carbons (Fsp3) is 0.625. The van der Waals surface area contributed by atoms with Gasteiger partial charge in [-0.25, -0.2) is 4.79 Å². The average Bonchev–Trinajstić information content (AvgIpc) is 1.87. The molecule has 0 amide bonds. The fourth-order valence-electron chi connectivity index (χ4n) is 0.348. The predicted octanol–water partition coefficient (Wildman–Crippen LogP) is 1.33. The van der Waals surface area contributed by atoms with E-state index < -0.39 is 0 Å². The van der Waals surface area contributed by atoms with E-state index in [-0.39, 0.29) is 22.3 Å². The van der Waals surface area contributed by atoms with Crippen molar-refractivity contribution in [1.29, 1.82) is 0 Å². The summed E-state index contributed by atoms with van der Waals surface area (Å²) in [5, 5.41) is 0. The molecular weight excluding hydrogens is 160 g/mol. The Morgan fingerprint density at radius 2 is 2.00 bits per heavy atom. The minimum Gasteiger partial charge on any atom is -0.413 e. The maximum Gasteiger partial charge on any atom is 0.337 e. The first kappa shape index (κ1) is 10.6. The summed E-state index contributed by atoms with van der Waals surface area (Å²) in [4.78, 5) is 10.9. The molecule has 0 bridgehead atoms. The van der Waals surface area contributed by atoms with E-state index in [4.69, 9.17) is 4.74 Å². The molecule has 3 heteroatoms. The summed E-state index contributed by atoms with van der Waals surface area (Å²) in [6.45, 7) is 7.04. The van der Waals surface area contributed by atoms with Gasteiger partial charge in [0.1, 0.15) is 12.5 Å². The first-order chi connectivity index (χ1) is 4.95. The van der Waals surface area contributed by atoms with Gasteiger partial charge in [-0.15, -0.1) is 0 Å². The third kappa shape index (κ3) is 4.09. The highest BCUT2D eigenvalue weighted by atomic mass is 32.2. The van der Waals surface area contributed by atoms with Gasteiger partial charge in [-0.05, 0) is 6.92 Å². The second-order valence-corrected chi connectivity index (χ2v) is 5.06. The second-order valence-electron chi connectivity index (χ2n) is 2.63. The van der Waals surface area contributed by atoms with E-state index >= 15 is 0 Å². The van der Waals surface area contributed by atoms with Gasteiger partial charge in [0, 0.05) is 23.4 Å². The molecule has 0 aromatic heterocycles. The lowest BCUT2D eigenvalue weighted by molar-refractivity contribution is -0.139. The van der Waals surface area contributed by atoms with Crippen molar-refractivity contribution in [3.8, 4) is 0 Å². The number of carbonyl (C=O) groups is 1. The van der Waals surface area contributed by atoms with Crippen LogP contribution in [0.15, 0.2) is 12.2 Å². The van der Waals surface area contributed by atoms with Crippen LogP contribution in [0.3, 0.4) is 0 Å². The van der Waals surface area contributed by atoms with Crippen LogP contribution >= 0.6 is 0 Å². The summed E-state index contributed by atoms with van der Waals surface area (Å²) < 4.78 is 5.05. The Bertz CT molecular complexity index is 163. The third-order valence-corrected chi connectivity index (χ3v) is 2.71. The van der Waals surface area contributed by atoms with Crippen LogP contribution in [0, 0.1) is 0 Å². The average molecular weight is 175 g/mol. The molecule has 0 heterocycles. The molecule has 0 rings (SSSR count). The van der Waals surface area contributed by atoms with Gasteiger partial charge in [0.05, 0.1) is 0 Å². The second kappa shape index (κ2) is 4.44. The zero-order valence-corrected chi connectivity index (χ0v) is 8.33. The monoisotopic (exact) mass is 175 g/mol. The Balaban J connectivity index is 3.85. The van der Waals surface area contributed by atoms with Gasteiger partial charge >= 0.3 is 5.97 Å². The van der Waals surface area contributed by atoms with Gasteiger partial charge in [0.2, 0.25) is 0 Å². The standard InChI is InChI=1S/C8H15O2S/c1-6(2)8(9)10-7(3)11(4)5/h7H,1H2,2-5H3/q+1. The van der Waals surface area contributed by atoms with Crippen molar-refractivity contribution in [2.45, 2.75) is 19.3 Å². The van der Waals surface area contributed by atoms with Gasteiger partial charge in [0.15, 0.2) is 0 Å². The maximum atomic E-state index is 10.9. The van der Waals surface area contributed by atoms with Crippen molar-refractivity contribution < 1.29 is 9.53 Å². The van der Waals surface area contributed by atoms with Crippen LogP contribution in [0.1, 0.15) is 13.8 Å². The predicted molar refractivity (Wildman–Crippen MR) is 49.6 cm³/mol. The molecule has 0 aliphatic rings. The van der Waals surface area contributed by atoms with Gasteiger partial charge in [0.25, 0.3) is 5.44 Å². The third-order valence-electron chi connectivity index (χ3n) is 1.29. The number of hydrogen-bond donors (Lipinski definition) is 0. The molecule has 64 valence electrons. The van der Waals surface area contributed by atoms with E-state index in [0.717, 1.165) is 0 Å². The summed E-state index contributed by atoms with van der Waals surface area (Å²) in [5.41, 5.74) is 0.460. The molecule has 0 radical (unpaired) electrons. The molecule has 0 spiro atoms. The number of rotatable bonds is 3. The zero-order valence-electron chi connectivity index (χ0n) is 7.51. The minimum absolute atomic E-state index is 0.000741. The van der Waals surface area contributed by atoms with Crippen molar-refractivity contribution in [2.75, 3.05) is 12.5 Å². The molecule has 0 aromatic rings. The molecule has 0 aliphatic heterocycles. The minimum atomic E-state index is -0.293. The summed E-state index contributed by atoms with van der Waals surface area (Å²) in [5.74, 6) is -0.293. The van der Waals surface area contributed by atoms with Crippen LogP contribution in [0.5, 0.6) is 0 Å². The van der Waals surface area contributed by atoms with E-state index in [0.29, 0.717) is 5.57 Å². The topological polar surface area (TPSA) is 26.3 Å². The first-order valence-electron chi connectivity index (χ1n) is 3.38. The molecule has 2 nitrogen and oxygen atoms in total. The number of ether oxygens (including phenoxy) is 1. The molecular formula is C8H15O2S+. The summed E-state index contributed by atoms with van der Waals surface area (Å²) in [7, 11) is 0.118. The van der Waals surface area contributed by atoms with Crippen LogP contribution in [0.4, 0.5) is 0 Å². The smallest absolute Gasteiger partial charge is 0.337 e. The van der Waals surface area contributed by atoms with E-state index in [1.54, 1.807) is 6.92 Å². The van der Waals surface area contributed by atoms with Crippen LogP contribution < -0.4 is 0 Å². The van der Waals surface area contributed by atoms with E-state index in [9.17, 15) is 4.79 Å². The van der Waals surface area contributed by atoms with Crippen LogP contribution in [0.25, 0.3) is 0 Å². The highest BCUT2D eigenvalue weighted by Gasteiger charge is 2.19. The number of esters is 1. The number of hydrogen-bond acceptors (Lipinski definition) is 2. The summed E-state index contributed by atoms with van der Waals surface area (Å²) >= 11 is 0. The van der Waals surface area contributed by atoms with Crippen LogP contribution in [0.2, 0.25) is 0 Å². The Morgan fingerprint density at radius 3 is 2.27 bits per heavy atom. The Morgan fingerprint density at radius 1 is 1.55 bits per heavy atom. The van der Waals surface area contributed by atoms with E-state index in [2.05, 4.69) is 6.58 Å². The highest BCUT2D eigenvalue weighted by molar-refractivity contribution is 7.95. The van der Waals surface area contributed by atoms with Crippen molar-refractivity contribution in [2.24, 2.45) is 0 Å². The highest BCUT2D eigenvalue weighted by Crippen LogP contribution is 2.03. The Hall–Kier alpha value is -0.440. The van der Waals surface area contributed by atoms with Crippen molar-refractivity contribution in [3.05, 3.63) is 12.2 Å². The normalized spacial score (nSPS) is 12.8.